The fraction of sp³-hybridized carbons (Fsp3) is 0.647. The second-order valence-electron chi connectivity index (χ2n) is 6.11. The Hall–Kier alpha value is -1.06. The van der Waals surface area contributed by atoms with E-state index < -0.39 is 0 Å². The van der Waals surface area contributed by atoms with E-state index >= 15 is 0 Å². The van der Waals surface area contributed by atoms with Gasteiger partial charge in [0, 0.05) is 24.1 Å². The van der Waals surface area contributed by atoms with E-state index in [4.69, 9.17) is 15.2 Å². The Labute approximate surface area is 121 Å². The predicted molar refractivity (Wildman–Crippen MR) is 80.1 cm³/mol. The summed E-state index contributed by atoms with van der Waals surface area (Å²) in [4.78, 5) is 0. The number of hydrogen-bond acceptors (Lipinski definition) is 3. The summed E-state index contributed by atoms with van der Waals surface area (Å²) in [5.41, 5.74) is 7.57. The molecule has 2 unspecified atom stereocenters. The third kappa shape index (κ3) is 2.70. The molecule has 2 aliphatic heterocycles. The Balaban J connectivity index is 1.68. The molecule has 3 rings (SSSR count). The Morgan fingerprint density at radius 2 is 2.15 bits per heavy atom. The topological polar surface area (TPSA) is 44.5 Å². The van der Waals surface area contributed by atoms with Crippen molar-refractivity contribution in [1.29, 1.82) is 0 Å². The van der Waals surface area contributed by atoms with Crippen molar-refractivity contribution < 1.29 is 9.47 Å². The van der Waals surface area contributed by atoms with Crippen LogP contribution < -0.4 is 10.5 Å². The van der Waals surface area contributed by atoms with Gasteiger partial charge < -0.3 is 15.2 Å². The molecule has 1 aromatic rings. The molecule has 20 heavy (non-hydrogen) atoms. The normalized spacial score (nSPS) is 28.9. The van der Waals surface area contributed by atoms with Gasteiger partial charge in [-0.05, 0) is 44.6 Å². The van der Waals surface area contributed by atoms with Gasteiger partial charge in [0.05, 0.1) is 12.7 Å². The molecule has 0 amide bonds. The van der Waals surface area contributed by atoms with Crippen molar-refractivity contribution in [1.82, 2.24) is 0 Å². The van der Waals surface area contributed by atoms with Crippen molar-refractivity contribution in [3.05, 3.63) is 29.8 Å². The van der Waals surface area contributed by atoms with E-state index in [9.17, 15) is 0 Å². The molecule has 110 valence electrons. The number of nitrogens with two attached hydrogens (primary N) is 1. The Kier molecular flexibility index (Phi) is 4.27. The van der Waals surface area contributed by atoms with E-state index in [-0.39, 0.29) is 5.41 Å². The highest BCUT2D eigenvalue weighted by atomic mass is 16.5. The molecule has 2 N–H and O–H groups in total. The van der Waals surface area contributed by atoms with Gasteiger partial charge in [-0.1, -0.05) is 18.2 Å². The van der Waals surface area contributed by atoms with E-state index in [2.05, 4.69) is 18.2 Å². The summed E-state index contributed by atoms with van der Waals surface area (Å²) in [6.45, 7) is 2.44. The molecule has 0 radical (unpaired) electrons. The number of rotatable bonds is 5. The third-order valence-electron chi connectivity index (χ3n) is 4.89. The van der Waals surface area contributed by atoms with Crippen molar-refractivity contribution in [3.8, 4) is 5.75 Å². The molecule has 0 saturated carbocycles. The van der Waals surface area contributed by atoms with Crippen LogP contribution in [0.25, 0.3) is 0 Å². The zero-order chi connectivity index (χ0) is 13.8. The summed E-state index contributed by atoms with van der Waals surface area (Å²) >= 11 is 0. The van der Waals surface area contributed by atoms with Crippen molar-refractivity contribution >= 4 is 0 Å². The van der Waals surface area contributed by atoms with E-state index in [0.717, 1.165) is 31.8 Å². The SMILES string of the molecule is NCC1(CCCC2CCCO2)CCOc2ccccc21. The molecule has 0 spiro atoms. The molecule has 1 fully saturated rings. The quantitative estimate of drug-likeness (QED) is 0.898. The molecule has 3 nitrogen and oxygen atoms in total. The van der Waals surface area contributed by atoms with Crippen molar-refractivity contribution in [3.63, 3.8) is 0 Å². The number of fused-ring (bicyclic) bond motifs is 1. The zero-order valence-corrected chi connectivity index (χ0v) is 12.1. The lowest BCUT2D eigenvalue weighted by molar-refractivity contribution is 0.0984. The number of benzene rings is 1. The van der Waals surface area contributed by atoms with Gasteiger partial charge >= 0.3 is 0 Å². The Morgan fingerprint density at radius 3 is 2.95 bits per heavy atom. The lowest BCUT2D eigenvalue weighted by Gasteiger charge is -2.38. The van der Waals surface area contributed by atoms with Gasteiger partial charge in [0.25, 0.3) is 0 Å². The monoisotopic (exact) mass is 275 g/mol. The minimum Gasteiger partial charge on any atom is -0.493 e. The standard InChI is InChI=1S/C17H25NO2/c18-13-17(9-3-5-14-6-4-11-19-14)10-12-20-16-8-2-1-7-15(16)17/h1-2,7-8,14H,3-6,9-13,18H2. The van der Waals surface area contributed by atoms with Gasteiger partial charge in [-0.15, -0.1) is 0 Å². The average molecular weight is 275 g/mol. The summed E-state index contributed by atoms with van der Waals surface area (Å²) in [6, 6.07) is 8.39. The van der Waals surface area contributed by atoms with E-state index in [1.807, 2.05) is 6.07 Å². The highest BCUT2D eigenvalue weighted by Gasteiger charge is 2.36. The minimum absolute atomic E-state index is 0.105. The van der Waals surface area contributed by atoms with Crippen LogP contribution in [0.3, 0.4) is 0 Å². The molecule has 0 aliphatic carbocycles. The minimum atomic E-state index is 0.105. The first-order valence-corrected chi connectivity index (χ1v) is 7.88. The van der Waals surface area contributed by atoms with Gasteiger partial charge in [-0.3, -0.25) is 0 Å². The maximum absolute atomic E-state index is 6.16. The highest BCUT2D eigenvalue weighted by Crippen LogP contribution is 2.41. The summed E-state index contributed by atoms with van der Waals surface area (Å²) in [5, 5.41) is 0. The number of hydrogen-bond donors (Lipinski definition) is 1. The molecule has 1 saturated heterocycles. The van der Waals surface area contributed by atoms with Crippen LogP contribution in [0.4, 0.5) is 0 Å². The largest absolute Gasteiger partial charge is 0.493 e. The maximum atomic E-state index is 6.16. The molecule has 1 aromatic carbocycles. The molecule has 3 heteroatoms. The third-order valence-corrected chi connectivity index (χ3v) is 4.89. The van der Waals surface area contributed by atoms with E-state index in [1.165, 1.54) is 31.2 Å². The van der Waals surface area contributed by atoms with Crippen LogP contribution in [0.2, 0.25) is 0 Å². The summed E-state index contributed by atoms with van der Waals surface area (Å²) in [6.07, 6.45) is 7.48. The predicted octanol–water partition coefficient (Wildman–Crippen LogP) is 3.01. The number of para-hydroxylation sites is 1. The molecule has 2 heterocycles. The summed E-state index contributed by atoms with van der Waals surface area (Å²) < 4.78 is 11.5. The first-order chi connectivity index (χ1) is 9.84. The van der Waals surface area contributed by atoms with Gasteiger partial charge in [-0.2, -0.15) is 0 Å². The van der Waals surface area contributed by atoms with Crippen molar-refractivity contribution in [2.75, 3.05) is 19.8 Å². The summed E-state index contributed by atoms with van der Waals surface area (Å²) in [7, 11) is 0. The van der Waals surface area contributed by atoms with Crippen LogP contribution in [-0.4, -0.2) is 25.9 Å². The van der Waals surface area contributed by atoms with Gasteiger partial charge in [0.2, 0.25) is 0 Å². The highest BCUT2D eigenvalue weighted by molar-refractivity contribution is 5.41. The Bertz CT molecular complexity index is 442. The molecule has 2 atom stereocenters. The molecule has 2 aliphatic rings. The fourth-order valence-corrected chi connectivity index (χ4v) is 3.64. The smallest absolute Gasteiger partial charge is 0.123 e. The first-order valence-electron chi connectivity index (χ1n) is 7.88. The fourth-order valence-electron chi connectivity index (χ4n) is 3.64. The van der Waals surface area contributed by atoms with Crippen molar-refractivity contribution in [2.45, 2.75) is 50.0 Å². The second-order valence-corrected chi connectivity index (χ2v) is 6.11. The molecular formula is C17H25NO2. The lowest BCUT2D eigenvalue weighted by Crippen LogP contribution is -2.40. The lowest BCUT2D eigenvalue weighted by atomic mass is 9.72. The zero-order valence-electron chi connectivity index (χ0n) is 12.1. The average Bonchev–Trinajstić information content (AvgIpc) is 3.01. The van der Waals surface area contributed by atoms with Crippen LogP contribution >= 0.6 is 0 Å². The van der Waals surface area contributed by atoms with Gasteiger partial charge in [0.1, 0.15) is 5.75 Å². The molecular weight excluding hydrogens is 250 g/mol. The van der Waals surface area contributed by atoms with Crippen LogP contribution in [0.15, 0.2) is 24.3 Å². The number of ether oxygens (including phenoxy) is 2. The Morgan fingerprint density at radius 1 is 1.25 bits per heavy atom. The van der Waals surface area contributed by atoms with E-state index in [1.54, 1.807) is 0 Å². The van der Waals surface area contributed by atoms with Crippen LogP contribution in [0.1, 0.15) is 44.1 Å². The van der Waals surface area contributed by atoms with Crippen molar-refractivity contribution in [2.24, 2.45) is 5.73 Å². The van der Waals surface area contributed by atoms with Gasteiger partial charge in [-0.25, -0.2) is 0 Å². The first kappa shape index (κ1) is 13.9. The van der Waals surface area contributed by atoms with Gasteiger partial charge in [0.15, 0.2) is 0 Å². The van der Waals surface area contributed by atoms with Crippen LogP contribution in [-0.2, 0) is 10.2 Å². The molecule has 0 aromatic heterocycles. The van der Waals surface area contributed by atoms with Crippen LogP contribution in [0, 0.1) is 0 Å². The molecule has 0 bridgehead atoms. The maximum Gasteiger partial charge on any atom is 0.123 e. The second kappa shape index (κ2) is 6.15. The van der Waals surface area contributed by atoms with E-state index in [0.29, 0.717) is 12.6 Å². The summed E-state index contributed by atoms with van der Waals surface area (Å²) in [5.74, 6) is 1.03. The van der Waals surface area contributed by atoms with Crippen LogP contribution in [0.5, 0.6) is 5.75 Å².